The van der Waals surface area contributed by atoms with Crippen LogP contribution in [0.25, 0.3) is 11.6 Å². The van der Waals surface area contributed by atoms with Crippen molar-refractivity contribution in [3.63, 3.8) is 0 Å². The second-order valence-corrected chi connectivity index (χ2v) is 7.18. The lowest BCUT2D eigenvalue weighted by atomic mass is 10.0. The van der Waals surface area contributed by atoms with Crippen LogP contribution in [-0.2, 0) is 29.0 Å². The minimum absolute atomic E-state index is 0.259. The van der Waals surface area contributed by atoms with Crippen LogP contribution in [0.3, 0.4) is 0 Å². The fourth-order valence-electron chi connectivity index (χ4n) is 3.52. The number of oxazole rings is 1. The van der Waals surface area contributed by atoms with Gasteiger partial charge in [-0.1, -0.05) is 0 Å². The Morgan fingerprint density at radius 1 is 1.42 bits per heavy atom. The monoisotopic (exact) mass is 358 g/mol. The highest BCUT2D eigenvalue weighted by atomic mass is 16.5. The van der Waals surface area contributed by atoms with Gasteiger partial charge in [-0.2, -0.15) is 5.10 Å². The van der Waals surface area contributed by atoms with Crippen LogP contribution in [0.4, 0.5) is 0 Å². The van der Waals surface area contributed by atoms with Crippen molar-refractivity contribution in [2.75, 3.05) is 19.8 Å². The van der Waals surface area contributed by atoms with Gasteiger partial charge in [-0.05, 0) is 32.6 Å². The number of nitrogens with zero attached hydrogens (tertiary/aromatic N) is 4. The van der Waals surface area contributed by atoms with Crippen LogP contribution >= 0.6 is 0 Å². The summed E-state index contributed by atoms with van der Waals surface area (Å²) < 4.78 is 13.2. The number of ether oxygens (including phenoxy) is 1. The maximum Gasteiger partial charge on any atom is 0.247 e. The Bertz CT molecular complexity index is 791. The molecular weight excluding hydrogens is 332 g/mol. The molecule has 1 aliphatic heterocycles. The molecule has 0 spiro atoms. The van der Waals surface area contributed by atoms with Gasteiger partial charge in [0.05, 0.1) is 19.3 Å². The third-order valence-electron chi connectivity index (χ3n) is 5.12. The summed E-state index contributed by atoms with van der Waals surface area (Å²) in [5.74, 6) is 2.15. The minimum atomic E-state index is 0.259. The Labute approximate surface area is 153 Å². The van der Waals surface area contributed by atoms with Crippen LogP contribution in [0.15, 0.2) is 10.6 Å². The normalized spacial score (nSPS) is 16.8. The van der Waals surface area contributed by atoms with Crippen molar-refractivity contribution in [2.45, 2.75) is 52.6 Å². The van der Waals surface area contributed by atoms with E-state index >= 15 is 0 Å². The van der Waals surface area contributed by atoms with Gasteiger partial charge in [0.2, 0.25) is 11.8 Å². The molecule has 1 saturated carbocycles. The van der Waals surface area contributed by atoms with Crippen molar-refractivity contribution in [3.8, 4) is 11.6 Å². The van der Waals surface area contributed by atoms with Crippen LogP contribution in [0.1, 0.15) is 43.2 Å². The molecule has 4 rings (SSSR count). The van der Waals surface area contributed by atoms with Gasteiger partial charge in [-0.25, -0.2) is 4.98 Å². The number of hydrogen-bond donors (Lipinski definition) is 0. The SMILES string of the molecule is CCOCCn1nc(-c2ncc(C)o2)c2c1CCN(C(=O)CC1CC1)C2. The molecule has 26 heavy (non-hydrogen) atoms. The molecule has 2 aromatic heterocycles. The molecule has 7 heteroatoms. The number of carbonyl (C=O) groups excluding carboxylic acids is 1. The molecule has 0 aromatic carbocycles. The van der Waals surface area contributed by atoms with Crippen LogP contribution < -0.4 is 0 Å². The second-order valence-electron chi connectivity index (χ2n) is 7.18. The van der Waals surface area contributed by atoms with E-state index in [-0.39, 0.29) is 5.91 Å². The Morgan fingerprint density at radius 2 is 2.27 bits per heavy atom. The Kier molecular flexibility index (Phi) is 4.80. The number of aromatic nitrogens is 3. The maximum atomic E-state index is 12.6. The molecule has 2 aromatic rings. The predicted octanol–water partition coefficient (Wildman–Crippen LogP) is 2.57. The molecule has 0 saturated heterocycles. The first-order valence-corrected chi connectivity index (χ1v) is 9.52. The highest BCUT2D eigenvalue weighted by Gasteiger charge is 2.32. The summed E-state index contributed by atoms with van der Waals surface area (Å²) in [6.07, 6.45) is 5.59. The van der Waals surface area contributed by atoms with Crippen LogP contribution in [0, 0.1) is 12.8 Å². The summed E-state index contributed by atoms with van der Waals surface area (Å²) in [7, 11) is 0. The minimum Gasteiger partial charge on any atom is -0.440 e. The number of fused-ring (bicyclic) bond motifs is 1. The Morgan fingerprint density at radius 3 is 2.96 bits per heavy atom. The first-order valence-electron chi connectivity index (χ1n) is 9.52. The molecule has 0 bridgehead atoms. The maximum absolute atomic E-state index is 12.6. The Balaban J connectivity index is 1.60. The fraction of sp³-hybridized carbons (Fsp3) is 0.632. The molecule has 0 radical (unpaired) electrons. The number of aryl methyl sites for hydroxylation is 1. The van der Waals surface area contributed by atoms with E-state index in [4.69, 9.17) is 14.3 Å². The summed E-state index contributed by atoms with van der Waals surface area (Å²) in [6.45, 7) is 7.22. The number of amides is 1. The highest BCUT2D eigenvalue weighted by molar-refractivity contribution is 5.77. The summed E-state index contributed by atoms with van der Waals surface area (Å²) in [5.41, 5.74) is 3.00. The van der Waals surface area contributed by atoms with Gasteiger partial charge in [-0.3, -0.25) is 9.48 Å². The van der Waals surface area contributed by atoms with Gasteiger partial charge in [0, 0.05) is 43.8 Å². The van der Waals surface area contributed by atoms with Gasteiger partial charge >= 0.3 is 0 Å². The fourth-order valence-corrected chi connectivity index (χ4v) is 3.52. The largest absolute Gasteiger partial charge is 0.440 e. The van der Waals surface area contributed by atoms with Crippen molar-refractivity contribution in [3.05, 3.63) is 23.2 Å². The van der Waals surface area contributed by atoms with Crippen molar-refractivity contribution in [1.29, 1.82) is 0 Å². The van der Waals surface area contributed by atoms with Gasteiger partial charge < -0.3 is 14.1 Å². The molecule has 0 unspecified atom stereocenters. The van der Waals surface area contributed by atoms with E-state index in [2.05, 4.69) is 4.98 Å². The number of hydrogen-bond acceptors (Lipinski definition) is 5. The molecule has 1 aliphatic carbocycles. The van der Waals surface area contributed by atoms with Crippen LogP contribution in [0.2, 0.25) is 0 Å². The molecule has 7 nitrogen and oxygen atoms in total. The van der Waals surface area contributed by atoms with E-state index < -0.39 is 0 Å². The van der Waals surface area contributed by atoms with E-state index in [0.717, 1.165) is 30.0 Å². The summed E-state index contributed by atoms with van der Waals surface area (Å²) in [6, 6.07) is 0. The number of carbonyl (C=O) groups is 1. The molecule has 0 atom stereocenters. The van der Waals surface area contributed by atoms with E-state index in [0.29, 0.717) is 44.5 Å². The standard InChI is InChI=1S/C19H26N4O3/c1-3-25-9-8-23-16-6-7-22(17(24)10-14-4-5-14)12-15(16)18(21-23)19-20-11-13(2)26-19/h11,14H,3-10,12H2,1-2H3. The van der Waals surface area contributed by atoms with Gasteiger partial charge in [0.1, 0.15) is 5.76 Å². The second kappa shape index (κ2) is 7.23. The van der Waals surface area contributed by atoms with E-state index in [1.807, 2.05) is 23.4 Å². The summed E-state index contributed by atoms with van der Waals surface area (Å²) >= 11 is 0. The molecule has 1 amide bonds. The van der Waals surface area contributed by atoms with Crippen molar-refractivity contribution < 1.29 is 13.9 Å². The first kappa shape index (κ1) is 17.3. The summed E-state index contributed by atoms with van der Waals surface area (Å²) in [5, 5.41) is 4.76. The van der Waals surface area contributed by atoms with Crippen LogP contribution in [0.5, 0.6) is 0 Å². The van der Waals surface area contributed by atoms with Crippen LogP contribution in [-0.4, -0.2) is 45.3 Å². The average molecular weight is 358 g/mol. The average Bonchev–Trinajstić information content (AvgIpc) is 3.23. The lowest BCUT2D eigenvalue weighted by Crippen LogP contribution is -2.36. The van der Waals surface area contributed by atoms with Crippen molar-refractivity contribution in [1.82, 2.24) is 19.7 Å². The molecule has 0 N–H and O–H groups in total. The Hall–Kier alpha value is -2.15. The van der Waals surface area contributed by atoms with E-state index in [1.54, 1.807) is 6.20 Å². The highest BCUT2D eigenvalue weighted by Crippen LogP contribution is 2.35. The lowest BCUT2D eigenvalue weighted by molar-refractivity contribution is -0.132. The quantitative estimate of drug-likeness (QED) is 0.711. The molecule has 1 fully saturated rings. The molecular formula is C19H26N4O3. The zero-order chi connectivity index (χ0) is 18.1. The van der Waals surface area contributed by atoms with Crippen molar-refractivity contribution in [2.24, 2.45) is 5.92 Å². The number of rotatable bonds is 7. The van der Waals surface area contributed by atoms with Crippen molar-refractivity contribution >= 4 is 5.91 Å². The zero-order valence-electron chi connectivity index (χ0n) is 15.5. The van der Waals surface area contributed by atoms with Gasteiger partial charge in [0.25, 0.3) is 0 Å². The molecule has 2 aliphatic rings. The zero-order valence-corrected chi connectivity index (χ0v) is 15.5. The summed E-state index contributed by atoms with van der Waals surface area (Å²) in [4.78, 5) is 18.9. The molecule has 3 heterocycles. The third-order valence-corrected chi connectivity index (χ3v) is 5.12. The van der Waals surface area contributed by atoms with Gasteiger partial charge in [0.15, 0.2) is 5.69 Å². The van der Waals surface area contributed by atoms with E-state index in [9.17, 15) is 4.79 Å². The topological polar surface area (TPSA) is 73.4 Å². The third kappa shape index (κ3) is 3.53. The first-order chi connectivity index (χ1) is 12.7. The molecule has 140 valence electrons. The lowest BCUT2D eigenvalue weighted by Gasteiger charge is -2.28. The van der Waals surface area contributed by atoms with Gasteiger partial charge in [-0.15, -0.1) is 0 Å². The predicted molar refractivity (Wildman–Crippen MR) is 95.4 cm³/mol. The van der Waals surface area contributed by atoms with E-state index in [1.165, 1.54) is 18.5 Å². The smallest absolute Gasteiger partial charge is 0.247 e.